The van der Waals surface area contributed by atoms with Gasteiger partial charge in [-0.25, -0.2) is 0 Å². The molecule has 23 heavy (non-hydrogen) atoms. The van der Waals surface area contributed by atoms with Gasteiger partial charge in [-0.05, 0) is 13.8 Å². The lowest BCUT2D eigenvalue weighted by Crippen LogP contribution is -2.40. The molecule has 7 nitrogen and oxygen atoms in total. The number of halogens is 3. The van der Waals surface area contributed by atoms with E-state index in [2.05, 4.69) is 15.4 Å². The van der Waals surface area contributed by atoms with Crippen LogP contribution in [-0.4, -0.2) is 37.3 Å². The van der Waals surface area contributed by atoms with Gasteiger partial charge in [0.05, 0.1) is 18.7 Å². The molecule has 1 aliphatic heterocycles. The van der Waals surface area contributed by atoms with Crippen molar-refractivity contribution >= 4 is 5.91 Å². The minimum Gasteiger partial charge on any atom is -0.361 e. The fourth-order valence-corrected chi connectivity index (χ4v) is 2.60. The average molecular weight is 329 g/mol. The zero-order valence-corrected chi connectivity index (χ0v) is 12.5. The first-order chi connectivity index (χ1) is 10.8. The van der Waals surface area contributed by atoms with Crippen molar-refractivity contribution in [1.29, 1.82) is 0 Å². The van der Waals surface area contributed by atoms with E-state index in [4.69, 9.17) is 4.52 Å². The number of aromatic nitrogens is 4. The lowest BCUT2D eigenvalue weighted by molar-refractivity contribution is -0.148. The van der Waals surface area contributed by atoms with Crippen molar-refractivity contribution in [2.45, 2.75) is 39.5 Å². The van der Waals surface area contributed by atoms with Gasteiger partial charge in [-0.15, -0.1) is 10.2 Å². The first-order valence-corrected chi connectivity index (χ1v) is 6.96. The molecule has 0 radical (unpaired) electrons. The summed E-state index contributed by atoms with van der Waals surface area (Å²) in [7, 11) is 0. The molecule has 2 aromatic rings. The van der Waals surface area contributed by atoms with Crippen molar-refractivity contribution in [2.24, 2.45) is 0 Å². The molecular formula is C13H14F3N5O2. The number of carbonyl (C=O) groups is 1. The Morgan fingerprint density at radius 1 is 1.26 bits per heavy atom. The summed E-state index contributed by atoms with van der Waals surface area (Å²) in [4.78, 5) is 13.8. The molecule has 10 heteroatoms. The maximum atomic E-state index is 12.8. The number of fused-ring (bicyclic) bond motifs is 1. The third kappa shape index (κ3) is 2.80. The first kappa shape index (κ1) is 15.5. The Morgan fingerprint density at radius 2 is 2.00 bits per heavy atom. The van der Waals surface area contributed by atoms with E-state index in [0.29, 0.717) is 17.0 Å². The summed E-state index contributed by atoms with van der Waals surface area (Å²) >= 11 is 0. The number of hydrogen-bond donors (Lipinski definition) is 0. The highest BCUT2D eigenvalue weighted by Gasteiger charge is 2.39. The van der Waals surface area contributed by atoms with Gasteiger partial charge in [0.15, 0.2) is 5.82 Å². The fourth-order valence-electron chi connectivity index (χ4n) is 2.60. The van der Waals surface area contributed by atoms with Crippen molar-refractivity contribution in [3.8, 4) is 0 Å². The second kappa shape index (κ2) is 5.36. The SMILES string of the molecule is Cc1noc(C)c1CC(=O)N1CCn2c(nnc2C(F)(F)F)C1. The number of nitrogens with zero attached hydrogens (tertiary/aromatic N) is 5. The topological polar surface area (TPSA) is 77.0 Å². The number of alkyl halides is 3. The highest BCUT2D eigenvalue weighted by molar-refractivity contribution is 5.79. The van der Waals surface area contributed by atoms with Crippen molar-refractivity contribution in [3.63, 3.8) is 0 Å². The molecule has 0 unspecified atom stereocenters. The van der Waals surface area contributed by atoms with E-state index in [-0.39, 0.29) is 37.8 Å². The summed E-state index contributed by atoms with van der Waals surface area (Å²) in [6.07, 6.45) is -4.45. The predicted octanol–water partition coefficient (Wildman–Crippen LogP) is 1.49. The lowest BCUT2D eigenvalue weighted by atomic mass is 10.1. The van der Waals surface area contributed by atoms with Crippen LogP contribution in [0.5, 0.6) is 0 Å². The minimum atomic E-state index is -4.55. The van der Waals surface area contributed by atoms with E-state index >= 15 is 0 Å². The van der Waals surface area contributed by atoms with Gasteiger partial charge in [0, 0.05) is 18.7 Å². The highest BCUT2D eigenvalue weighted by atomic mass is 19.4. The number of hydrogen-bond acceptors (Lipinski definition) is 5. The molecule has 0 aromatic carbocycles. The summed E-state index contributed by atoms with van der Waals surface area (Å²) in [6.45, 7) is 3.65. The Bertz CT molecular complexity index is 730. The van der Waals surface area contributed by atoms with Gasteiger partial charge in [0.25, 0.3) is 0 Å². The number of carbonyl (C=O) groups excluding carboxylic acids is 1. The normalized spacial score (nSPS) is 14.9. The molecule has 0 aliphatic carbocycles. The summed E-state index contributed by atoms with van der Waals surface area (Å²) in [5.74, 6) is -0.529. The molecule has 1 amide bonds. The van der Waals surface area contributed by atoms with E-state index in [1.165, 1.54) is 4.90 Å². The third-order valence-electron chi connectivity index (χ3n) is 3.87. The zero-order chi connectivity index (χ0) is 16.8. The molecule has 3 rings (SSSR count). The van der Waals surface area contributed by atoms with Crippen LogP contribution in [0.1, 0.15) is 28.7 Å². The van der Waals surface area contributed by atoms with E-state index in [9.17, 15) is 18.0 Å². The maximum absolute atomic E-state index is 12.8. The summed E-state index contributed by atoms with van der Waals surface area (Å²) in [6, 6.07) is 0. The van der Waals surface area contributed by atoms with E-state index in [0.717, 1.165) is 4.57 Å². The van der Waals surface area contributed by atoms with Crippen LogP contribution < -0.4 is 0 Å². The van der Waals surface area contributed by atoms with Crippen molar-refractivity contribution in [1.82, 2.24) is 24.8 Å². The van der Waals surface area contributed by atoms with Gasteiger partial charge in [0.1, 0.15) is 5.76 Å². The van der Waals surface area contributed by atoms with Gasteiger partial charge in [-0.1, -0.05) is 5.16 Å². The smallest absolute Gasteiger partial charge is 0.361 e. The molecule has 0 fully saturated rings. The van der Waals surface area contributed by atoms with Crippen LogP contribution in [0.4, 0.5) is 13.2 Å². The van der Waals surface area contributed by atoms with Gasteiger partial charge in [0.2, 0.25) is 11.7 Å². The summed E-state index contributed by atoms with van der Waals surface area (Å²) in [5, 5.41) is 10.5. The molecule has 0 spiro atoms. The number of rotatable bonds is 2. The molecule has 124 valence electrons. The van der Waals surface area contributed by atoms with E-state index in [1.54, 1.807) is 13.8 Å². The average Bonchev–Trinajstić information content (AvgIpc) is 3.04. The predicted molar refractivity (Wildman–Crippen MR) is 70.1 cm³/mol. The second-order valence-corrected chi connectivity index (χ2v) is 5.38. The van der Waals surface area contributed by atoms with Crippen molar-refractivity contribution in [3.05, 3.63) is 28.7 Å². The molecule has 0 atom stereocenters. The molecule has 0 saturated heterocycles. The first-order valence-electron chi connectivity index (χ1n) is 6.96. The number of amides is 1. The Hall–Kier alpha value is -2.39. The van der Waals surface area contributed by atoms with Crippen LogP contribution in [-0.2, 0) is 30.5 Å². The quantitative estimate of drug-likeness (QED) is 0.834. The van der Waals surface area contributed by atoms with Gasteiger partial charge in [-0.3, -0.25) is 4.79 Å². The zero-order valence-electron chi connectivity index (χ0n) is 12.5. The molecule has 2 aromatic heterocycles. The van der Waals surface area contributed by atoms with Crippen LogP contribution in [0.25, 0.3) is 0 Å². The number of aryl methyl sites for hydroxylation is 2. The molecule has 0 bridgehead atoms. The van der Waals surface area contributed by atoms with Crippen LogP contribution in [0.2, 0.25) is 0 Å². The molecule has 3 heterocycles. The Kier molecular flexibility index (Phi) is 3.61. The van der Waals surface area contributed by atoms with Crippen LogP contribution in [0.15, 0.2) is 4.52 Å². The largest absolute Gasteiger partial charge is 0.451 e. The monoisotopic (exact) mass is 329 g/mol. The molecule has 0 saturated carbocycles. The molecule has 0 N–H and O–H groups in total. The molecular weight excluding hydrogens is 315 g/mol. The highest BCUT2D eigenvalue weighted by Crippen LogP contribution is 2.29. The second-order valence-electron chi connectivity index (χ2n) is 5.38. The summed E-state index contributed by atoms with van der Waals surface area (Å²) in [5.41, 5.74) is 1.34. The van der Waals surface area contributed by atoms with E-state index in [1.807, 2.05) is 0 Å². The Labute approximate surface area is 129 Å². The Morgan fingerprint density at radius 3 is 2.61 bits per heavy atom. The Balaban J connectivity index is 1.75. The fraction of sp³-hybridized carbons (Fsp3) is 0.538. The maximum Gasteiger partial charge on any atom is 0.451 e. The van der Waals surface area contributed by atoms with Crippen LogP contribution in [0.3, 0.4) is 0 Å². The minimum absolute atomic E-state index is 0.00525. The van der Waals surface area contributed by atoms with Crippen LogP contribution in [0, 0.1) is 13.8 Å². The van der Waals surface area contributed by atoms with Gasteiger partial charge < -0.3 is 14.0 Å². The third-order valence-corrected chi connectivity index (χ3v) is 3.87. The lowest BCUT2D eigenvalue weighted by Gasteiger charge is -2.28. The van der Waals surface area contributed by atoms with Gasteiger partial charge in [-0.2, -0.15) is 13.2 Å². The van der Waals surface area contributed by atoms with Gasteiger partial charge >= 0.3 is 6.18 Å². The standard InChI is InChI=1S/C13H14F3N5O2/c1-7-9(8(2)23-19-7)5-11(22)20-3-4-21-10(6-20)17-18-12(21)13(14,15)16/h3-6H2,1-2H3. The van der Waals surface area contributed by atoms with E-state index < -0.39 is 12.0 Å². The van der Waals surface area contributed by atoms with Crippen molar-refractivity contribution in [2.75, 3.05) is 6.54 Å². The molecule has 1 aliphatic rings. The summed E-state index contributed by atoms with van der Waals surface area (Å²) < 4.78 is 44.4. The van der Waals surface area contributed by atoms with Crippen LogP contribution >= 0.6 is 0 Å². The van der Waals surface area contributed by atoms with Crippen molar-refractivity contribution < 1.29 is 22.5 Å².